The topological polar surface area (TPSA) is 130 Å². The molecule has 0 unspecified atom stereocenters. The van der Waals surface area contributed by atoms with Crippen LogP contribution in [0.1, 0.15) is 12.5 Å². The lowest BCUT2D eigenvalue weighted by Crippen LogP contribution is -2.47. The fourth-order valence-corrected chi connectivity index (χ4v) is 2.09. The van der Waals surface area contributed by atoms with Gasteiger partial charge in [0, 0.05) is 23.8 Å². The molecular weight excluding hydrogens is 243 g/mol. The Balaban J connectivity index is 2.36. The molecule has 1 heterocycles. The number of nitrogens with zero attached hydrogens (tertiary/aromatic N) is 5. The number of nitrogen functional groups attached to an aromatic ring is 1. The number of aliphatic hydroxyl groups excluding tert-OH is 1. The van der Waals surface area contributed by atoms with Crippen molar-refractivity contribution in [1.82, 2.24) is 9.55 Å². The van der Waals surface area contributed by atoms with Crippen LogP contribution >= 0.6 is 0 Å². The quantitative estimate of drug-likeness (QED) is 0.453. The van der Waals surface area contributed by atoms with Crippen LogP contribution < -0.4 is 11.4 Å². The summed E-state index contributed by atoms with van der Waals surface area (Å²) in [5, 5.41) is 12.5. The predicted octanol–water partition coefficient (Wildman–Crippen LogP) is 0.197. The van der Waals surface area contributed by atoms with E-state index in [9.17, 15) is 9.18 Å². The van der Waals surface area contributed by atoms with E-state index >= 15 is 0 Å². The number of azide groups is 1. The van der Waals surface area contributed by atoms with Crippen molar-refractivity contribution in [2.24, 2.45) is 11.0 Å². The molecule has 0 radical (unpaired) electrons. The molecule has 0 aliphatic heterocycles. The minimum absolute atomic E-state index is 0.153. The number of nitrogens with two attached hydrogens (primary N) is 1. The van der Waals surface area contributed by atoms with Crippen molar-refractivity contribution in [3.05, 3.63) is 32.9 Å². The third-order valence-electron chi connectivity index (χ3n) is 3.13. The summed E-state index contributed by atoms with van der Waals surface area (Å²) in [4.78, 5) is 17.6. The van der Waals surface area contributed by atoms with Crippen molar-refractivity contribution in [3.8, 4) is 0 Å². The van der Waals surface area contributed by atoms with Gasteiger partial charge >= 0.3 is 5.69 Å². The molecule has 3 N–H and O–H groups in total. The lowest BCUT2D eigenvalue weighted by atomic mass is 9.75. The van der Waals surface area contributed by atoms with Crippen LogP contribution in [0, 0.1) is 11.7 Å². The first kappa shape index (κ1) is 12.3. The number of aromatic nitrogens is 2. The normalized spacial score (nSPS) is 26.2. The molecule has 8 nitrogen and oxygen atoms in total. The summed E-state index contributed by atoms with van der Waals surface area (Å²) >= 11 is 0. The van der Waals surface area contributed by atoms with E-state index in [-0.39, 0.29) is 12.5 Å². The van der Waals surface area contributed by atoms with Gasteiger partial charge in [-0.15, -0.1) is 0 Å². The third-order valence-corrected chi connectivity index (χ3v) is 3.13. The summed E-state index contributed by atoms with van der Waals surface area (Å²) in [6, 6.07) is -1.07. The molecule has 1 fully saturated rings. The summed E-state index contributed by atoms with van der Waals surface area (Å²) in [5.74, 6) is -1.49. The zero-order valence-corrected chi connectivity index (χ0v) is 9.27. The van der Waals surface area contributed by atoms with E-state index < -0.39 is 29.4 Å². The van der Waals surface area contributed by atoms with Gasteiger partial charge in [-0.1, -0.05) is 5.11 Å². The standard InChI is InChI=1S/C9H11FN6O2/c10-5-2-16(9(18)13-8(5)11)6-1-4(3-17)7(6)14-15-12/h2,4,6-7,17H,1,3H2,(H2,11,13,18)/t4-,6-,7+/m1/s1. The van der Waals surface area contributed by atoms with Crippen LogP contribution in [-0.4, -0.2) is 27.3 Å². The van der Waals surface area contributed by atoms with E-state index in [4.69, 9.17) is 16.4 Å². The van der Waals surface area contributed by atoms with Gasteiger partial charge in [-0.05, 0) is 17.9 Å². The number of rotatable bonds is 3. The Morgan fingerprint density at radius 1 is 1.78 bits per heavy atom. The number of hydrogen-bond acceptors (Lipinski definition) is 5. The molecule has 3 atom stereocenters. The molecule has 18 heavy (non-hydrogen) atoms. The molecule has 9 heteroatoms. The molecule has 0 spiro atoms. The van der Waals surface area contributed by atoms with E-state index in [0.29, 0.717) is 6.42 Å². The van der Waals surface area contributed by atoms with E-state index in [1.807, 2.05) is 0 Å². The molecule has 0 bridgehead atoms. The Morgan fingerprint density at radius 2 is 2.50 bits per heavy atom. The molecule has 1 saturated carbocycles. The maximum atomic E-state index is 13.3. The van der Waals surface area contributed by atoms with Gasteiger partial charge in [-0.2, -0.15) is 4.98 Å². The number of anilines is 1. The smallest absolute Gasteiger partial charge is 0.349 e. The Labute approximate surface area is 100 Å². The fraction of sp³-hybridized carbons (Fsp3) is 0.556. The molecule has 0 aromatic carbocycles. The summed E-state index contributed by atoms with van der Waals surface area (Å²) in [6.07, 6.45) is 1.37. The third kappa shape index (κ3) is 1.89. The number of aliphatic hydroxyl groups is 1. The summed E-state index contributed by atoms with van der Waals surface area (Å²) in [7, 11) is 0. The van der Waals surface area contributed by atoms with E-state index in [2.05, 4.69) is 15.0 Å². The van der Waals surface area contributed by atoms with Crippen molar-refractivity contribution in [3.63, 3.8) is 0 Å². The molecule has 0 amide bonds. The highest BCUT2D eigenvalue weighted by Gasteiger charge is 2.41. The maximum Gasteiger partial charge on any atom is 0.349 e. The van der Waals surface area contributed by atoms with E-state index in [1.54, 1.807) is 0 Å². The summed E-state index contributed by atoms with van der Waals surface area (Å²) < 4.78 is 14.3. The van der Waals surface area contributed by atoms with Crippen LogP contribution in [0.5, 0.6) is 0 Å². The maximum absolute atomic E-state index is 13.3. The second-order valence-corrected chi connectivity index (χ2v) is 4.11. The van der Waals surface area contributed by atoms with Crippen LogP contribution in [0.15, 0.2) is 16.1 Å². The van der Waals surface area contributed by atoms with Crippen molar-refractivity contribution in [2.45, 2.75) is 18.5 Å². The van der Waals surface area contributed by atoms with Crippen molar-refractivity contribution in [1.29, 1.82) is 0 Å². The van der Waals surface area contributed by atoms with Gasteiger partial charge in [0.25, 0.3) is 0 Å². The Hall–Kier alpha value is -2.12. The van der Waals surface area contributed by atoms with Crippen molar-refractivity contribution >= 4 is 5.82 Å². The van der Waals surface area contributed by atoms with Crippen LogP contribution in [0.4, 0.5) is 10.2 Å². The van der Waals surface area contributed by atoms with Gasteiger partial charge in [0.1, 0.15) is 0 Å². The molecule has 2 rings (SSSR count). The van der Waals surface area contributed by atoms with E-state index in [1.165, 1.54) is 0 Å². The van der Waals surface area contributed by atoms with Crippen molar-refractivity contribution in [2.75, 3.05) is 12.3 Å². The minimum Gasteiger partial charge on any atom is -0.396 e. The van der Waals surface area contributed by atoms with Gasteiger partial charge in [-0.3, -0.25) is 4.57 Å². The average molecular weight is 254 g/mol. The Kier molecular flexibility index (Phi) is 3.17. The zero-order valence-electron chi connectivity index (χ0n) is 9.27. The van der Waals surface area contributed by atoms with Crippen molar-refractivity contribution < 1.29 is 9.50 Å². The highest BCUT2D eigenvalue weighted by Crippen LogP contribution is 2.39. The largest absolute Gasteiger partial charge is 0.396 e. The molecule has 1 aliphatic carbocycles. The molecule has 1 aromatic heterocycles. The average Bonchev–Trinajstić information content (AvgIpc) is 2.32. The van der Waals surface area contributed by atoms with Crippen LogP contribution in [-0.2, 0) is 0 Å². The monoisotopic (exact) mass is 254 g/mol. The Morgan fingerprint density at radius 3 is 3.11 bits per heavy atom. The van der Waals surface area contributed by atoms with Crippen LogP contribution in [0.3, 0.4) is 0 Å². The van der Waals surface area contributed by atoms with Gasteiger partial charge in [-0.25, -0.2) is 9.18 Å². The lowest BCUT2D eigenvalue weighted by Gasteiger charge is -2.41. The highest BCUT2D eigenvalue weighted by atomic mass is 19.1. The van der Waals surface area contributed by atoms with Crippen LogP contribution in [0.2, 0.25) is 0 Å². The molecule has 1 aromatic rings. The first-order valence-electron chi connectivity index (χ1n) is 5.27. The second-order valence-electron chi connectivity index (χ2n) is 4.11. The lowest BCUT2D eigenvalue weighted by molar-refractivity contribution is 0.0795. The number of hydrogen-bond donors (Lipinski definition) is 2. The van der Waals surface area contributed by atoms with Gasteiger partial charge in [0.2, 0.25) is 0 Å². The Bertz CT molecular complexity index is 567. The summed E-state index contributed by atoms with van der Waals surface area (Å²) in [6.45, 7) is -0.153. The fourth-order valence-electron chi connectivity index (χ4n) is 2.09. The first-order chi connectivity index (χ1) is 8.58. The van der Waals surface area contributed by atoms with Gasteiger partial charge < -0.3 is 10.8 Å². The predicted molar refractivity (Wildman–Crippen MR) is 60.0 cm³/mol. The molecule has 1 aliphatic rings. The highest BCUT2D eigenvalue weighted by molar-refractivity contribution is 5.26. The van der Waals surface area contributed by atoms with E-state index in [0.717, 1.165) is 10.8 Å². The minimum atomic E-state index is -0.804. The van der Waals surface area contributed by atoms with Crippen LogP contribution in [0.25, 0.3) is 10.4 Å². The molecule has 96 valence electrons. The van der Waals surface area contributed by atoms with Gasteiger partial charge in [0.05, 0.1) is 6.04 Å². The molecule has 0 saturated heterocycles. The molecular formula is C9H11FN6O2. The zero-order chi connectivity index (χ0) is 13.3. The van der Waals surface area contributed by atoms with Gasteiger partial charge in [0.15, 0.2) is 11.6 Å². The second kappa shape index (κ2) is 4.63. The first-order valence-corrected chi connectivity index (χ1v) is 5.27. The summed E-state index contributed by atoms with van der Waals surface area (Å²) in [5.41, 5.74) is 12.9. The number of halogens is 1. The SMILES string of the molecule is [N-]=[N+]=N[C@H]1[C@@H](CO)C[C@H]1n1cc(F)c(N)nc1=O.